The Hall–Kier alpha value is -3.29. The standard InChI is InChI=1S/C21H21F2N3O7S/c22-14-3-4-15(23)18(9-14)34(29,30)26-6-1-7-31-19(26)11-25-21(28)20(27)24-10-13-2-5-16-17(8-13)33-12-32-16/h2-5,8-9,19H,1,6-7,10-12H2,(H,24,27)(H,25,28)/t19-/m0/s1. The summed E-state index contributed by atoms with van der Waals surface area (Å²) in [5.74, 6) is -2.87. The van der Waals surface area contributed by atoms with Gasteiger partial charge in [-0.15, -0.1) is 0 Å². The smallest absolute Gasteiger partial charge is 0.309 e. The molecule has 2 heterocycles. The first-order valence-corrected chi connectivity index (χ1v) is 11.7. The predicted molar refractivity (Wildman–Crippen MR) is 112 cm³/mol. The van der Waals surface area contributed by atoms with Crippen molar-refractivity contribution in [3.8, 4) is 11.5 Å². The molecule has 4 rings (SSSR count). The molecule has 0 bridgehead atoms. The fraction of sp³-hybridized carbons (Fsp3) is 0.333. The molecule has 1 fully saturated rings. The molecule has 2 aromatic carbocycles. The minimum absolute atomic E-state index is 0.0326. The van der Waals surface area contributed by atoms with Crippen LogP contribution < -0.4 is 20.1 Å². The van der Waals surface area contributed by atoms with Crippen molar-refractivity contribution < 1.29 is 41.0 Å². The third kappa shape index (κ3) is 5.11. The number of benzene rings is 2. The molecule has 2 N–H and O–H groups in total. The highest BCUT2D eigenvalue weighted by Crippen LogP contribution is 2.32. The van der Waals surface area contributed by atoms with Crippen molar-refractivity contribution in [3.05, 3.63) is 53.6 Å². The summed E-state index contributed by atoms with van der Waals surface area (Å²) in [6, 6.07) is 7.16. The highest BCUT2D eigenvalue weighted by Gasteiger charge is 2.36. The summed E-state index contributed by atoms with van der Waals surface area (Å²) in [4.78, 5) is 23.5. The Bertz CT molecular complexity index is 1210. The van der Waals surface area contributed by atoms with Crippen LogP contribution in [-0.4, -0.2) is 57.3 Å². The van der Waals surface area contributed by atoms with E-state index in [1.165, 1.54) is 0 Å². The zero-order valence-corrected chi connectivity index (χ0v) is 18.6. The second-order valence-corrected chi connectivity index (χ2v) is 9.31. The van der Waals surface area contributed by atoms with E-state index in [-0.39, 0.29) is 33.0 Å². The van der Waals surface area contributed by atoms with Crippen LogP contribution in [0.3, 0.4) is 0 Å². The minimum Gasteiger partial charge on any atom is -0.454 e. The van der Waals surface area contributed by atoms with Crippen LogP contribution in [0.25, 0.3) is 0 Å². The maximum Gasteiger partial charge on any atom is 0.309 e. The van der Waals surface area contributed by atoms with E-state index >= 15 is 0 Å². The summed E-state index contributed by atoms with van der Waals surface area (Å²) < 4.78 is 70.2. The van der Waals surface area contributed by atoms with E-state index < -0.39 is 44.6 Å². The molecule has 2 amide bonds. The Morgan fingerprint density at radius 2 is 1.79 bits per heavy atom. The average molecular weight is 497 g/mol. The summed E-state index contributed by atoms with van der Waals surface area (Å²) in [6.45, 7) is -0.0619. The number of ether oxygens (including phenoxy) is 3. The van der Waals surface area contributed by atoms with E-state index in [0.717, 1.165) is 10.4 Å². The molecule has 2 aliphatic heterocycles. The van der Waals surface area contributed by atoms with Gasteiger partial charge in [-0.05, 0) is 42.3 Å². The molecule has 0 unspecified atom stereocenters. The molecule has 13 heteroatoms. The van der Waals surface area contributed by atoms with E-state index in [2.05, 4.69) is 10.6 Å². The number of halogens is 2. The number of nitrogens with zero attached hydrogens (tertiary/aromatic N) is 1. The number of hydrogen-bond acceptors (Lipinski definition) is 7. The summed E-state index contributed by atoms with van der Waals surface area (Å²) >= 11 is 0. The minimum atomic E-state index is -4.46. The highest BCUT2D eigenvalue weighted by atomic mass is 32.2. The predicted octanol–water partition coefficient (Wildman–Crippen LogP) is 0.863. The maximum atomic E-state index is 14.1. The number of hydrogen-bond donors (Lipinski definition) is 2. The number of nitrogens with one attached hydrogen (secondary N) is 2. The fourth-order valence-corrected chi connectivity index (χ4v) is 5.12. The number of sulfonamides is 1. The summed E-state index contributed by atoms with van der Waals surface area (Å²) in [5, 5.41) is 4.76. The van der Waals surface area contributed by atoms with Crippen LogP contribution >= 0.6 is 0 Å². The number of rotatable bonds is 6. The van der Waals surface area contributed by atoms with Gasteiger partial charge in [0.05, 0.1) is 13.2 Å². The van der Waals surface area contributed by atoms with Gasteiger partial charge in [-0.2, -0.15) is 4.31 Å². The average Bonchev–Trinajstić information content (AvgIpc) is 3.30. The lowest BCUT2D eigenvalue weighted by Gasteiger charge is -2.34. The van der Waals surface area contributed by atoms with Crippen molar-refractivity contribution in [2.75, 3.05) is 26.5 Å². The van der Waals surface area contributed by atoms with Crippen molar-refractivity contribution in [2.45, 2.75) is 24.1 Å². The van der Waals surface area contributed by atoms with E-state index in [4.69, 9.17) is 14.2 Å². The zero-order valence-electron chi connectivity index (χ0n) is 17.8. The number of fused-ring (bicyclic) bond motifs is 1. The Balaban J connectivity index is 1.36. The lowest BCUT2D eigenvalue weighted by molar-refractivity contribution is -0.140. The normalized spacial score (nSPS) is 17.9. The molecule has 0 radical (unpaired) electrons. The van der Waals surface area contributed by atoms with Crippen molar-refractivity contribution in [1.82, 2.24) is 14.9 Å². The van der Waals surface area contributed by atoms with Gasteiger partial charge in [0.15, 0.2) is 11.5 Å². The molecule has 0 saturated carbocycles. The molecule has 182 valence electrons. The first-order valence-electron chi connectivity index (χ1n) is 10.3. The topological polar surface area (TPSA) is 123 Å². The van der Waals surface area contributed by atoms with Gasteiger partial charge in [-0.1, -0.05) is 6.07 Å². The summed E-state index contributed by atoms with van der Waals surface area (Å²) in [6.07, 6.45) is -0.886. The van der Waals surface area contributed by atoms with Crippen LogP contribution in [0, 0.1) is 11.6 Å². The Morgan fingerprint density at radius 1 is 1.03 bits per heavy atom. The van der Waals surface area contributed by atoms with Gasteiger partial charge in [0.2, 0.25) is 16.8 Å². The van der Waals surface area contributed by atoms with E-state index in [0.29, 0.717) is 35.6 Å². The zero-order chi connectivity index (χ0) is 24.3. The maximum absolute atomic E-state index is 14.1. The second-order valence-electron chi connectivity index (χ2n) is 7.45. The largest absolute Gasteiger partial charge is 0.454 e. The molecule has 1 saturated heterocycles. The molecule has 34 heavy (non-hydrogen) atoms. The van der Waals surface area contributed by atoms with Gasteiger partial charge in [0.25, 0.3) is 0 Å². The fourth-order valence-electron chi connectivity index (χ4n) is 3.48. The Kier molecular flexibility index (Phi) is 6.95. The van der Waals surface area contributed by atoms with E-state index in [1.54, 1.807) is 18.2 Å². The van der Waals surface area contributed by atoms with Gasteiger partial charge >= 0.3 is 11.8 Å². The SMILES string of the molecule is O=C(NCc1ccc2c(c1)OCO2)C(=O)NC[C@@H]1OCCCN1S(=O)(=O)c1cc(F)ccc1F. The first-order chi connectivity index (χ1) is 16.3. The molecule has 10 nitrogen and oxygen atoms in total. The van der Waals surface area contributed by atoms with Crippen molar-refractivity contribution in [3.63, 3.8) is 0 Å². The number of carbonyl (C=O) groups excluding carboxylic acids is 2. The van der Waals surface area contributed by atoms with E-state index in [9.17, 15) is 26.8 Å². The van der Waals surface area contributed by atoms with Crippen LogP contribution in [0.4, 0.5) is 8.78 Å². The van der Waals surface area contributed by atoms with Gasteiger partial charge in [-0.25, -0.2) is 17.2 Å². The molecular weight excluding hydrogens is 476 g/mol. The molecule has 0 spiro atoms. The lowest BCUT2D eigenvalue weighted by Crippen LogP contribution is -2.53. The van der Waals surface area contributed by atoms with Crippen molar-refractivity contribution in [2.24, 2.45) is 0 Å². The third-order valence-corrected chi connectivity index (χ3v) is 7.07. The first kappa shape index (κ1) is 23.9. The summed E-state index contributed by atoms with van der Waals surface area (Å²) in [7, 11) is -4.46. The quantitative estimate of drug-likeness (QED) is 0.568. The van der Waals surface area contributed by atoms with Crippen LogP contribution in [0.15, 0.2) is 41.3 Å². The van der Waals surface area contributed by atoms with Crippen LogP contribution in [0.2, 0.25) is 0 Å². The van der Waals surface area contributed by atoms with Crippen LogP contribution in [-0.2, 0) is 30.9 Å². The van der Waals surface area contributed by atoms with E-state index in [1.807, 2.05) is 0 Å². The number of carbonyl (C=O) groups is 2. The Labute approximate surface area is 193 Å². The molecular formula is C21H21F2N3O7S. The van der Waals surface area contributed by atoms with Crippen LogP contribution in [0.1, 0.15) is 12.0 Å². The molecule has 1 atom stereocenters. The molecule has 0 aromatic heterocycles. The highest BCUT2D eigenvalue weighted by molar-refractivity contribution is 7.89. The van der Waals surface area contributed by atoms with Gasteiger partial charge in [0, 0.05) is 13.1 Å². The number of amides is 2. The van der Waals surface area contributed by atoms with Gasteiger partial charge < -0.3 is 24.8 Å². The monoisotopic (exact) mass is 497 g/mol. The lowest BCUT2D eigenvalue weighted by atomic mass is 10.2. The van der Waals surface area contributed by atoms with Crippen molar-refractivity contribution in [1.29, 1.82) is 0 Å². The van der Waals surface area contributed by atoms with Crippen molar-refractivity contribution >= 4 is 21.8 Å². The van der Waals surface area contributed by atoms with Crippen LogP contribution in [0.5, 0.6) is 11.5 Å². The third-order valence-electron chi connectivity index (χ3n) is 5.17. The molecule has 2 aliphatic rings. The second kappa shape index (κ2) is 9.91. The summed E-state index contributed by atoms with van der Waals surface area (Å²) in [5.41, 5.74) is 0.676. The van der Waals surface area contributed by atoms with Gasteiger partial charge in [-0.3, -0.25) is 9.59 Å². The molecule has 2 aromatic rings. The van der Waals surface area contributed by atoms with Gasteiger partial charge in [0.1, 0.15) is 22.8 Å². The Morgan fingerprint density at radius 3 is 2.62 bits per heavy atom. The molecule has 0 aliphatic carbocycles.